The summed E-state index contributed by atoms with van der Waals surface area (Å²) >= 11 is 0. The Hall–Kier alpha value is -2.93. The Labute approximate surface area is 186 Å². The monoisotopic (exact) mass is 458 g/mol. The van der Waals surface area contributed by atoms with Crippen molar-refractivity contribution < 1.29 is 27.9 Å². The number of nitrogens with two attached hydrogens (primary N) is 1. The van der Waals surface area contributed by atoms with E-state index in [0.29, 0.717) is 28.9 Å². The van der Waals surface area contributed by atoms with Crippen LogP contribution in [0.1, 0.15) is 35.5 Å². The number of amides is 1. The van der Waals surface area contributed by atoms with E-state index in [2.05, 4.69) is 0 Å². The zero-order valence-corrected chi connectivity index (χ0v) is 19.3. The molecule has 3 aromatic rings. The van der Waals surface area contributed by atoms with Crippen molar-refractivity contribution >= 4 is 30.2 Å². The smallest absolute Gasteiger partial charge is 0.367 e. The Morgan fingerprint density at radius 3 is 2.25 bits per heavy atom. The molecule has 2 aromatic carbocycles. The molecular weight excluding hydrogens is 431 g/mol. The van der Waals surface area contributed by atoms with Gasteiger partial charge >= 0.3 is 7.60 Å². The van der Waals surface area contributed by atoms with Crippen LogP contribution in [0.3, 0.4) is 0 Å². The Kier molecular flexibility index (Phi) is 7.51. The summed E-state index contributed by atoms with van der Waals surface area (Å²) in [6, 6.07) is 15.0. The molecule has 0 aliphatic rings. The van der Waals surface area contributed by atoms with Gasteiger partial charge in [-0.15, -0.1) is 0 Å². The van der Waals surface area contributed by atoms with Crippen LogP contribution in [0.2, 0.25) is 0 Å². The summed E-state index contributed by atoms with van der Waals surface area (Å²) in [5.74, 6) is -1.58. The second-order valence-electron chi connectivity index (χ2n) is 7.10. The minimum Gasteiger partial charge on any atom is -0.480 e. The molecule has 0 fully saturated rings. The Morgan fingerprint density at radius 2 is 1.66 bits per heavy atom. The highest BCUT2D eigenvalue weighted by atomic mass is 31.2. The average Bonchev–Trinajstić information content (AvgIpc) is 3.05. The lowest BCUT2D eigenvalue weighted by molar-refractivity contribution is -0.114. The normalized spacial score (nSPS) is 11.6. The van der Waals surface area contributed by atoms with Crippen molar-refractivity contribution in [3.63, 3.8) is 0 Å². The molecule has 0 atom stereocenters. The standard InChI is InChI=1S/C23H27N2O6P/c1-4-30-32(28,31-5-2)15-29-19-13-9-12-18-21(19)20(22(26)23(24)27)16(3)25(18)14-17-10-7-6-8-11-17/h6-13H,4-5,14-15H2,1-3H3,(H2,24,27). The number of aromatic nitrogens is 1. The van der Waals surface area contributed by atoms with Gasteiger partial charge in [0, 0.05) is 12.2 Å². The van der Waals surface area contributed by atoms with E-state index in [1.54, 1.807) is 32.9 Å². The molecule has 0 saturated carbocycles. The van der Waals surface area contributed by atoms with E-state index in [9.17, 15) is 14.2 Å². The summed E-state index contributed by atoms with van der Waals surface area (Å²) in [6.45, 7) is 6.06. The summed E-state index contributed by atoms with van der Waals surface area (Å²) in [5, 5.41) is 0.435. The molecule has 1 amide bonds. The van der Waals surface area contributed by atoms with Gasteiger partial charge in [-0.2, -0.15) is 0 Å². The maximum absolute atomic E-state index is 12.8. The molecular formula is C23H27N2O6P. The lowest BCUT2D eigenvalue weighted by Crippen LogP contribution is -2.24. The number of primary amides is 1. The van der Waals surface area contributed by atoms with Crippen LogP contribution in [0, 0.1) is 6.92 Å². The van der Waals surface area contributed by atoms with Crippen LogP contribution >= 0.6 is 7.60 Å². The van der Waals surface area contributed by atoms with Gasteiger partial charge in [-0.1, -0.05) is 36.4 Å². The number of carbonyl (C=O) groups is 2. The molecule has 1 heterocycles. The van der Waals surface area contributed by atoms with Gasteiger partial charge in [-0.25, -0.2) is 0 Å². The number of benzene rings is 2. The summed E-state index contributed by atoms with van der Waals surface area (Å²) in [5.41, 5.74) is 7.81. The van der Waals surface area contributed by atoms with E-state index in [4.69, 9.17) is 19.5 Å². The molecule has 8 nitrogen and oxygen atoms in total. The van der Waals surface area contributed by atoms with E-state index in [1.807, 2.05) is 41.0 Å². The highest BCUT2D eigenvalue weighted by Crippen LogP contribution is 2.48. The minimum atomic E-state index is -3.49. The maximum atomic E-state index is 12.8. The van der Waals surface area contributed by atoms with Gasteiger partial charge in [0.25, 0.3) is 11.7 Å². The average molecular weight is 458 g/mol. The first-order chi connectivity index (χ1) is 15.3. The quantitative estimate of drug-likeness (QED) is 0.261. The van der Waals surface area contributed by atoms with E-state index in [0.717, 1.165) is 5.56 Å². The van der Waals surface area contributed by atoms with Crippen LogP contribution in [0.15, 0.2) is 48.5 Å². The Bertz CT molecular complexity index is 1160. The van der Waals surface area contributed by atoms with Gasteiger partial charge in [-0.05, 0) is 38.5 Å². The van der Waals surface area contributed by atoms with Crippen molar-refractivity contribution in [3.8, 4) is 5.75 Å². The molecule has 0 saturated heterocycles. The number of carbonyl (C=O) groups excluding carboxylic acids is 2. The predicted molar refractivity (Wildman–Crippen MR) is 122 cm³/mol. The van der Waals surface area contributed by atoms with Gasteiger partial charge in [0.1, 0.15) is 5.75 Å². The third-order valence-electron chi connectivity index (χ3n) is 4.98. The van der Waals surface area contributed by atoms with E-state index < -0.39 is 19.3 Å². The van der Waals surface area contributed by atoms with Gasteiger partial charge < -0.3 is 24.1 Å². The fourth-order valence-corrected chi connectivity index (χ4v) is 4.94. The third kappa shape index (κ3) is 4.93. The minimum absolute atomic E-state index is 0.168. The van der Waals surface area contributed by atoms with Crippen LogP contribution in [0.4, 0.5) is 0 Å². The van der Waals surface area contributed by atoms with E-state index >= 15 is 0 Å². The van der Waals surface area contributed by atoms with Gasteiger partial charge in [0.05, 0.1) is 29.7 Å². The molecule has 2 N–H and O–H groups in total. The first-order valence-electron chi connectivity index (χ1n) is 10.3. The predicted octanol–water partition coefficient (Wildman–Crippen LogP) is 4.27. The van der Waals surface area contributed by atoms with Crippen molar-refractivity contribution in [3.05, 3.63) is 65.4 Å². The summed E-state index contributed by atoms with van der Waals surface area (Å²) < 4.78 is 31.2. The first-order valence-corrected chi connectivity index (χ1v) is 12.0. The second-order valence-corrected chi connectivity index (χ2v) is 9.09. The van der Waals surface area contributed by atoms with Crippen LogP contribution in [-0.4, -0.2) is 35.8 Å². The van der Waals surface area contributed by atoms with Gasteiger partial charge in [0.2, 0.25) is 0 Å². The lowest BCUT2D eigenvalue weighted by atomic mass is 10.1. The van der Waals surface area contributed by atoms with Crippen molar-refractivity contribution in [2.45, 2.75) is 27.3 Å². The largest absolute Gasteiger partial charge is 0.480 e. The molecule has 0 unspecified atom stereocenters. The molecule has 0 aliphatic carbocycles. The molecule has 0 aliphatic heterocycles. The van der Waals surface area contributed by atoms with Crippen LogP contribution in [0.25, 0.3) is 10.9 Å². The van der Waals surface area contributed by atoms with Crippen molar-refractivity contribution in [2.75, 3.05) is 19.6 Å². The van der Waals surface area contributed by atoms with E-state index in [1.165, 1.54) is 0 Å². The highest BCUT2D eigenvalue weighted by molar-refractivity contribution is 7.53. The molecule has 0 radical (unpaired) electrons. The number of nitrogens with zero attached hydrogens (tertiary/aromatic N) is 1. The Balaban J connectivity index is 2.12. The highest BCUT2D eigenvalue weighted by Gasteiger charge is 2.29. The number of ether oxygens (including phenoxy) is 1. The number of ketones is 1. The van der Waals surface area contributed by atoms with Crippen molar-refractivity contribution in [1.29, 1.82) is 0 Å². The molecule has 0 bridgehead atoms. The zero-order valence-electron chi connectivity index (χ0n) is 18.4. The number of hydrogen-bond acceptors (Lipinski definition) is 6. The third-order valence-corrected chi connectivity index (χ3v) is 6.72. The molecule has 170 valence electrons. The van der Waals surface area contributed by atoms with Gasteiger partial charge in [-0.3, -0.25) is 14.2 Å². The summed E-state index contributed by atoms with van der Waals surface area (Å²) in [4.78, 5) is 24.6. The number of fused-ring (bicyclic) bond motifs is 1. The fourth-order valence-electron chi connectivity index (χ4n) is 3.64. The topological polar surface area (TPSA) is 110 Å². The van der Waals surface area contributed by atoms with Crippen LogP contribution < -0.4 is 10.5 Å². The Morgan fingerprint density at radius 1 is 1.00 bits per heavy atom. The van der Waals surface area contributed by atoms with Crippen molar-refractivity contribution in [1.82, 2.24) is 4.57 Å². The summed E-state index contributed by atoms with van der Waals surface area (Å²) in [6.07, 6.45) is -0.332. The number of rotatable bonds is 11. The van der Waals surface area contributed by atoms with Crippen LogP contribution in [-0.2, 0) is 25.0 Å². The van der Waals surface area contributed by atoms with Gasteiger partial charge in [0.15, 0.2) is 6.35 Å². The summed E-state index contributed by atoms with van der Waals surface area (Å²) in [7, 11) is -3.49. The van der Waals surface area contributed by atoms with Crippen molar-refractivity contribution in [2.24, 2.45) is 5.73 Å². The zero-order chi connectivity index (χ0) is 23.3. The van der Waals surface area contributed by atoms with E-state index in [-0.39, 0.29) is 25.1 Å². The lowest BCUT2D eigenvalue weighted by Gasteiger charge is -2.18. The molecule has 0 spiro atoms. The molecule has 32 heavy (non-hydrogen) atoms. The maximum Gasteiger partial charge on any atom is 0.367 e. The molecule has 9 heteroatoms. The molecule has 1 aromatic heterocycles. The number of hydrogen-bond donors (Lipinski definition) is 1. The number of Topliss-reactive ketones (excluding diaryl/α,β-unsaturated/α-hetero) is 1. The molecule has 3 rings (SSSR count). The first kappa shape index (κ1) is 23.7. The SMILES string of the molecule is CCOP(=O)(COc1cccc2c1c(C(=O)C(N)=O)c(C)n2Cc1ccccc1)OCC. The van der Waals surface area contributed by atoms with Crippen LogP contribution in [0.5, 0.6) is 5.75 Å². The second kappa shape index (κ2) is 10.1. The fraction of sp³-hybridized carbons (Fsp3) is 0.304.